The molecule has 1 aromatic heterocycles. The number of phenolic OH excluding ortho intramolecular Hbond substituents is 1. The molecule has 0 aliphatic rings. The molecule has 39 heavy (non-hydrogen) atoms. The van der Waals surface area contributed by atoms with Gasteiger partial charge in [0.1, 0.15) is 28.7 Å². The Morgan fingerprint density at radius 1 is 1.00 bits per heavy atom. The van der Waals surface area contributed by atoms with Crippen molar-refractivity contribution in [1.82, 2.24) is 9.97 Å². The number of benzene rings is 4. The molecule has 0 saturated carbocycles. The quantitative estimate of drug-likeness (QED) is 0.232. The molecule has 0 unspecified atom stereocenters. The molecule has 0 spiro atoms. The zero-order valence-corrected chi connectivity index (χ0v) is 20.9. The normalized spacial score (nSPS) is 11.2. The third kappa shape index (κ3) is 4.88. The summed E-state index contributed by atoms with van der Waals surface area (Å²) in [7, 11) is 1.45. The maximum Gasteiger partial charge on any atom is 0.258 e. The number of nitrogens with two attached hydrogens (primary N) is 1. The maximum absolute atomic E-state index is 13.3. The smallest absolute Gasteiger partial charge is 0.258 e. The van der Waals surface area contributed by atoms with Crippen LogP contribution in [0.2, 0.25) is 0 Å². The molecule has 0 atom stereocenters. The van der Waals surface area contributed by atoms with E-state index in [1.807, 2.05) is 0 Å². The van der Waals surface area contributed by atoms with Crippen LogP contribution in [0.25, 0.3) is 21.7 Å². The summed E-state index contributed by atoms with van der Waals surface area (Å²) in [6.45, 7) is 1.69. The standard InChI is InChI=1S/C28H22N6O5/c1-14-30-21-9-7-16(13-20(21)28(38)31-14)32-27(37)19-5-3-4-18-17(19)8-10-23(35)25(18)34-33-22-12-15(26(29)36)6-11-24(22)39-2/h3-13,35H,1-2H3,(H2,29,36)(H,32,37)(H,30,31,38). The zero-order valence-electron chi connectivity index (χ0n) is 20.9. The van der Waals surface area contributed by atoms with Crippen molar-refractivity contribution in [2.75, 3.05) is 12.4 Å². The van der Waals surface area contributed by atoms with Crippen LogP contribution in [0.15, 0.2) is 81.8 Å². The molecule has 0 saturated heterocycles. The van der Waals surface area contributed by atoms with Crippen LogP contribution in [0.1, 0.15) is 26.5 Å². The van der Waals surface area contributed by atoms with E-state index in [2.05, 4.69) is 25.5 Å². The highest BCUT2D eigenvalue weighted by Gasteiger charge is 2.16. The van der Waals surface area contributed by atoms with E-state index in [-0.39, 0.29) is 28.2 Å². The van der Waals surface area contributed by atoms with Crippen molar-refractivity contribution in [2.45, 2.75) is 6.92 Å². The maximum atomic E-state index is 13.3. The van der Waals surface area contributed by atoms with Crippen LogP contribution in [0.5, 0.6) is 11.5 Å². The average Bonchev–Trinajstić information content (AvgIpc) is 2.92. The van der Waals surface area contributed by atoms with Gasteiger partial charge < -0.3 is 25.9 Å². The van der Waals surface area contributed by atoms with Gasteiger partial charge in [0, 0.05) is 22.2 Å². The van der Waals surface area contributed by atoms with E-state index in [0.717, 1.165) is 0 Å². The predicted octanol–water partition coefficient (Wildman–Crippen LogP) is 4.87. The molecule has 4 aromatic carbocycles. The van der Waals surface area contributed by atoms with Crippen molar-refractivity contribution in [1.29, 1.82) is 0 Å². The number of aryl methyl sites for hydroxylation is 1. The number of methoxy groups -OCH3 is 1. The Kier molecular flexibility index (Phi) is 6.47. The first-order chi connectivity index (χ1) is 18.7. The number of nitrogens with zero attached hydrogens (tertiary/aromatic N) is 3. The van der Waals surface area contributed by atoms with E-state index in [1.54, 1.807) is 49.4 Å². The minimum absolute atomic E-state index is 0.118. The summed E-state index contributed by atoms with van der Waals surface area (Å²) in [6, 6.07) is 17.3. The van der Waals surface area contributed by atoms with Crippen molar-refractivity contribution in [2.24, 2.45) is 16.0 Å². The Morgan fingerprint density at radius 3 is 2.59 bits per heavy atom. The van der Waals surface area contributed by atoms with E-state index in [4.69, 9.17) is 10.5 Å². The lowest BCUT2D eigenvalue weighted by atomic mass is 10.0. The minimum Gasteiger partial charge on any atom is -0.506 e. The SMILES string of the molecule is COc1ccc(C(N)=O)cc1N=Nc1c(O)ccc2c(C(=O)Nc3ccc4nc(C)[nH]c(=O)c4c3)cccc12. The number of azo groups is 1. The van der Waals surface area contributed by atoms with Gasteiger partial charge in [-0.25, -0.2) is 4.98 Å². The van der Waals surface area contributed by atoms with E-state index in [1.165, 1.54) is 31.4 Å². The number of rotatable bonds is 6. The van der Waals surface area contributed by atoms with Gasteiger partial charge in [0.15, 0.2) is 0 Å². The summed E-state index contributed by atoms with van der Waals surface area (Å²) >= 11 is 0. The Morgan fingerprint density at radius 2 is 1.82 bits per heavy atom. The summed E-state index contributed by atoms with van der Waals surface area (Å²) in [5.74, 6) is -0.384. The number of carbonyl (C=O) groups excluding carboxylic acids is 2. The summed E-state index contributed by atoms with van der Waals surface area (Å²) < 4.78 is 5.29. The molecule has 0 aliphatic carbocycles. The number of amides is 2. The second kappa shape index (κ2) is 10.1. The number of carbonyl (C=O) groups is 2. The van der Waals surface area contributed by atoms with Gasteiger partial charge in [-0.3, -0.25) is 14.4 Å². The number of primary amides is 1. The van der Waals surface area contributed by atoms with Crippen molar-refractivity contribution in [3.05, 3.63) is 94.0 Å². The predicted molar refractivity (Wildman–Crippen MR) is 146 cm³/mol. The Balaban J connectivity index is 1.52. The number of ether oxygens (including phenoxy) is 1. The highest BCUT2D eigenvalue weighted by molar-refractivity contribution is 6.15. The monoisotopic (exact) mass is 522 g/mol. The highest BCUT2D eigenvalue weighted by Crippen LogP contribution is 2.39. The van der Waals surface area contributed by atoms with E-state index in [9.17, 15) is 19.5 Å². The van der Waals surface area contributed by atoms with Gasteiger partial charge in [-0.1, -0.05) is 12.1 Å². The number of hydrogen-bond donors (Lipinski definition) is 4. The molecule has 0 aliphatic heterocycles. The Bertz CT molecular complexity index is 1880. The number of nitrogens with one attached hydrogen (secondary N) is 2. The minimum atomic E-state index is -0.639. The molecule has 5 aromatic rings. The number of phenols is 1. The van der Waals surface area contributed by atoms with Crippen molar-refractivity contribution < 1.29 is 19.4 Å². The van der Waals surface area contributed by atoms with Crippen LogP contribution in [-0.4, -0.2) is 34.0 Å². The third-order valence-corrected chi connectivity index (χ3v) is 6.06. The lowest BCUT2D eigenvalue weighted by Crippen LogP contribution is -2.14. The Hall–Kier alpha value is -5.58. The van der Waals surface area contributed by atoms with Gasteiger partial charge in [0.25, 0.3) is 11.5 Å². The molecule has 11 nitrogen and oxygen atoms in total. The van der Waals surface area contributed by atoms with Gasteiger partial charge >= 0.3 is 0 Å². The van der Waals surface area contributed by atoms with Gasteiger partial charge in [-0.15, -0.1) is 10.2 Å². The van der Waals surface area contributed by atoms with Crippen LogP contribution in [0.4, 0.5) is 17.1 Å². The number of hydrogen-bond acceptors (Lipinski definition) is 8. The number of fused-ring (bicyclic) bond motifs is 2. The summed E-state index contributed by atoms with van der Waals surface area (Å²) in [5, 5.41) is 23.1. The summed E-state index contributed by atoms with van der Waals surface area (Å²) in [6.07, 6.45) is 0. The molecular weight excluding hydrogens is 500 g/mol. The first-order valence-corrected chi connectivity index (χ1v) is 11.7. The molecule has 0 bridgehead atoms. The van der Waals surface area contributed by atoms with E-state index in [0.29, 0.717) is 44.5 Å². The van der Waals surface area contributed by atoms with Gasteiger partial charge in [-0.2, -0.15) is 0 Å². The molecule has 194 valence electrons. The van der Waals surface area contributed by atoms with Crippen LogP contribution >= 0.6 is 0 Å². The topological polar surface area (TPSA) is 172 Å². The molecule has 0 fully saturated rings. The third-order valence-electron chi connectivity index (χ3n) is 6.06. The van der Waals surface area contributed by atoms with Gasteiger partial charge in [0.2, 0.25) is 5.91 Å². The molecule has 5 rings (SSSR count). The summed E-state index contributed by atoms with van der Waals surface area (Å²) in [4.78, 5) is 44.1. The summed E-state index contributed by atoms with van der Waals surface area (Å²) in [5.41, 5.74) is 6.88. The van der Waals surface area contributed by atoms with Crippen molar-refractivity contribution >= 4 is 50.6 Å². The van der Waals surface area contributed by atoms with E-state index < -0.39 is 11.8 Å². The molecule has 1 heterocycles. The van der Waals surface area contributed by atoms with Crippen LogP contribution < -0.4 is 21.3 Å². The highest BCUT2D eigenvalue weighted by atomic mass is 16.5. The molecular formula is C28H22N6O5. The largest absolute Gasteiger partial charge is 0.506 e. The molecule has 5 N–H and O–H groups in total. The Labute approximate surface area is 221 Å². The lowest BCUT2D eigenvalue weighted by Gasteiger charge is -2.11. The number of aromatic hydroxyl groups is 1. The zero-order chi connectivity index (χ0) is 27.7. The number of H-pyrrole nitrogens is 1. The first kappa shape index (κ1) is 25.1. The first-order valence-electron chi connectivity index (χ1n) is 11.7. The van der Waals surface area contributed by atoms with Crippen LogP contribution in [0.3, 0.4) is 0 Å². The van der Waals surface area contributed by atoms with E-state index >= 15 is 0 Å². The molecule has 2 amide bonds. The van der Waals surface area contributed by atoms with Crippen molar-refractivity contribution in [3.8, 4) is 11.5 Å². The van der Waals surface area contributed by atoms with Crippen molar-refractivity contribution in [3.63, 3.8) is 0 Å². The number of anilines is 1. The lowest BCUT2D eigenvalue weighted by molar-refractivity contribution is 0.0997. The average molecular weight is 523 g/mol. The fraction of sp³-hybridized carbons (Fsp3) is 0.0714. The van der Waals surface area contributed by atoms with Gasteiger partial charge in [-0.05, 0) is 66.9 Å². The molecule has 0 radical (unpaired) electrons. The fourth-order valence-electron chi connectivity index (χ4n) is 4.19. The van der Waals surface area contributed by atoms with Gasteiger partial charge in [0.05, 0.1) is 18.0 Å². The van der Waals surface area contributed by atoms with Crippen LogP contribution in [0, 0.1) is 6.92 Å². The fourth-order valence-corrected chi connectivity index (χ4v) is 4.19. The second-order valence-electron chi connectivity index (χ2n) is 8.62. The number of aromatic amines is 1. The molecule has 11 heteroatoms. The number of aromatic nitrogens is 2. The van der Waals surface area contributed by atoms with Crippen LogP contribution in [-0.2, 0) is 0 Å². The second-order valence-corrected chi connectivity index (χ2v) is 8.62.